The van der Waals surface area contributed by atoms with E-state index in [0.29, 0.717) is 6.10 Å². The fourth-order valence-corrected chi connectivity index (χ4v) is 4.29. The van der Waals surface area contributed by atoms with E-state index in [9.17, 15) is 0 Å². The van der Waals surface area contributed by atoms with Crippen LogP contribution in [0.1, 0.15) is 44.9 Å². The van der Waals surface area contributed by atoms with Crippen LogP contribution in [0, 0.1) is 11.8 Å². The summed E-state index contributed by atoms with van der Waals surface area (Å²) >= 11 is 0. The van der Waals surface area contributed by atoms with Gasteiger partial charge in [0.2, 0.25) is 0 Å². The lowest BCUT2D eigenvalue weighted by atomic mass is 10.1. The number of morpholine rings is 1. The number of fused-ring (bicyclic) bond motifs is 1. The van der Waals surface area contributed by atoms with Crippen LogP contribution in [0.4, 0.5) is 0 Å². The Hall–Kier alpha value is -0.120. The Balaban J connectivity index is 1.25. The molecule has 4 fully saturated rings. The molecule has 0 aromatic carbocycles. The molecule has 1 heterocycles. The second-order valence-corrected chi connectivity index (χ2v) is 7.10. The summed E-state index contributed by atoms with van der Waals surface area (Å²) in [4.78, 5) is 2.70. The van der Waals surface area contributed by atoms with Crippen LogP contribution in [0.2, 0.25) is 0 Å². The first-order valence-corrected chi connectivity index (χ1v) is 8.51. The van der Waals surface area contributed by atoms with Gasteiger partial charge in [0.1, 0.15) is 0 Å². The van der Waals surface area contributed by atoms with E-state index in [-0.39, 0.29) is 0 Å². The first-order chi connectivity index (χ1) is 9.42. The second-order valence-electron chi connectivity index (χ2n) is 7.10. The maximum Gasteiger partial charge on any atom is 0.0730 e. The molecule has 0 bridgehead atoms. The summed E-state index contributed by atoms with van der Waals surface area (Å²) in [5.74, 6) is 2.05. The van der Waals surface area contributed by atoms with Gasteiger partial charge < -0.3 is 10.1 Å². The molecular formula is C16H28N2O. The van der Waals surface area contributed by atoms with Crippen LogP contribution in [0.5, 0.6) is 0 Å². The average Bonchev–Trinajstić information content (AvgIpc) is 3.34. The van der Waals surface area contributed by atoms with Crippen molar-refractivity contribution in [2.24, 2.45) is 11.8 Å². The first-order valence-electron chi connectivity index (χ1n) is 8.51. The van der Waals surface area contributed by atoms with Crippen molar-refractivity contribution in [3.8, 4) is 0 Å². The van der Waals surface area contributed by atoms with Gasteiger partial charge in [0.15, 0.2) is 0 Å². The number of rotatable bonds is 6. The van der Waals surface area contributed by atoms with E-state index in [2.05, 4.69) is 10.2 Å². The molecule has 0 spiro atoms. The number of ether oxygens (including phenoxy) is 1. The van der Waals surface area contributed by atoms with E-state index in [1.807, 2.05) is 0 Å². The maximum atomic E-state index is 5.89. The highest BCUT2D eigenvalue weighted by atomic mass is 16.5. The summed E-state index contributed by atoms with van der Waals surface area (Å²) in [5.41, 5.74) is 0. The Morgan fingerprint density at radius 3 is 2.58 bits per heavy atom. The van der Waals surface area contributed by atoms with E-state index >= 15 is 0 Å². The molecule has 1 aliphatic heterocycles. The Morgan fingerprint density at radius 1 is 1.05 bits per heavy atom. The van der Waals surface area contributed by atoms with E-state index in [0.717, 1.165) is 37.1 Å². The summed E-state index contributed by atoms with van der Waals surface area (Å²) in [5, 5.41) is 3.89. The predicted molar refractivity (Wildman–Crippen MR) is 76.2 cm³/mol. The lowest BCUT2D eigenvalue weighted by Crippen LogP contribution is -2.51. The largest absolute Gasteiger partial charge is 0.375 e. The van der Waals surface area contributed by atoms with Crippen molar-refractivity contribution < 1.29 is 4.74 Å². The topological polar surface area (TPSA) is 24.5 Å². The van der Waals surface area contributed by atoms with Crippen LogP contribution in [-0.4, -0.2) is 49.3 Å². The second kappa shape index (κ2) is 5.34. The number of hydrogen-bond acceptors (Lipinski definition) is 3. The van der Waals surface area contributed by atoms with E-state index < -0.39 is 0 Å². The normalized spacial score (nSPS) is 35.8. The van der Waals surface area contributed by atoms with Gasteiger partial charge in [0.25, 0.3) is 0 Å². The molecular weight excluding hydrogens is 236 g/mol. The minimum absolute atomic E-state index is 0.552. The van der Waals surface area contributed by atoms with E-state index in [1.54, 1.807) is 0 Å². The maximum absolute atomic E-state index is 5.89. The highest BCUT2D eigenvalue weighted by Crippen LogP contribution is 2.44. The highest BCUT2D eigenvalue weighted by Gasteiger charge is 2.41. The van der Waals surface area contributed by atoms with Gasteiger partial charge in [-0.1, -0.05) is 0 Å². The zero-order valence-corrected chi connectivity index (χ0v) is 12.0. The predicted octanol–water partition coefficient (Wildman–Crippen LogP) is 2.02. The summed E-state index contributed by atoms with van der Waals surface area (Å²) < 4.78 is 5.89. The first kappa shape index (κ1) is 12.6. The third-order valence-corrected chi connectivity index (χ3v) is 5.64. The minimum atomic E-state index is 0.552. The summed E-state index contributed by atoms with van der Waals surface area (Å²) in [6.07, 6.45) is 10.5. The van der Waals surface area contributed by atoms with Crippen molar-refractivity contribution in [2.75, 3.05) is 26.2 Å². The quantitative estimate of drug-likeness (QED) is 0.794. The Kier molecular flexibility index (Phi) is 3.55. The van der Waals surface area contributed by atoms with Gasteiger partial charge >= 0.3 is 0 Å². The molecule has 4 rings (SSSR count). The smallest absolute Gasteiger partial charge is 0.0730 e. The molecule has 3 nitrogen and oxygen atoms in total. The van der Waals surface area contributed by atoms with Crippen LogP contribution >= 0.6 is 0 Å². The monoisotopic (exact) mass is 264 g/mol. The zero-order valence-electron chi connectivity index (χ0n) is 12.0. The van der Waals surface area contributed by atoms with Crippen molar-refractivity contribution in [1.82, 2.24) is 10.2 Å². The van der Waals surface area contributed by atoms with Crippen LogP contribution in [0.3, 0.4) is 0 Å². The molecule has 2 atom stereocenters. The summed E-state index contributed by atoms with van der Waals surface area (Å²) in [6.45, 7) is 4.54. The fraction of sp³-hybridized carbons (Fsp3) is 1.00. The van der Waals surface area contributed by atoms with Crippen molar-refractivity contribution in [3.63, 3.8) is 0 Å². The van der Waals surface area contributed by atoms with Gasteiger partial charge in [-0.2, -0.15) is 0 Å². The van der Waals surface area contributed by atoms with E-state index in [4.69, 9.17) is 4.74 Å². The molecule has 0 radical (unpaired) electrons. The molecule has 19 heavy (non-hydrogen) atoms. The van der Waals surface area contributed by atoms with Crippen LogP contribution in [0.15, 0.2) is 0 Å². The Labute approximate surface area is 117 Å². The van der Waals surface area contributed by atoms with Crippen LogP contribution < -0.4 is 5.32 Å². The van der Waals surface area contributed by atoms with Crippen molar-refractivity contribution in [1.29, 1.82) is 0 Å². The molecule has 3 saturated carbocycles. The van der Waals surface area contributed by atoms with Gasteiger partial charge in [-0.15, -0.1) is 0 Å². The molecule has 1 saturated heterocycles. The molecule has 4 aliphatic rings. The molecule has 0 amide bonds. The third kappa shape index (κ3) is 2.84. The van der Waals surface area contributed by atoms with Gasteiger partial charge in [-0.05, 0) is 56.8 Å². The van der Waals surface area contributed by atoms with E-state index in [1.165, 1.54) is 58.0 Å². The number of nitrogens with one attached hydrogen (secondary N) is 1. The zero-order chi connectivity index (χ0) is 12.7. The van der Waals surface area contributed by atoms with Gasteiger partial charge in [-0.3, -0.25) is 4.90 Å². The highest BCUT2D eigenvalue weighted by molar-refractivity contribution is 4.96. The van der Waals surface area contributed by atoms with Crippen LogP contribution in [-0.2, 0) is 4.74 Å². The van der Waals surface area contributed by atoms with Gasteiger partial charge in [0, 0.05) is 31.7 Å². The molecule has 2 unspecified atom stereocenters. The molecule has 0 aromatic heterocycles. The SMILES string of the molecule is C1CC2OCCN(CCNC(C3CC3)C3CC3)C2C1. The molecule has 1 N–H and O–H groups in total. The Bertz CT molecular complexity index is 302. The van der Waals surface area contributed by atoms with Crippen molar-refractivity contribution in [3.05, 3.63) is 0 Å². The number of nitrogens with zero attached hydrogens (tertiary/aromatic N) is 1. The number of hydrogen-bond donors (Lipinski definition) is 1. The molecule has 3 heteroatoms. The van der Waals surface area contributed by atoms with Gasteiger partial charge in [0.05, 0.1) is 12.7 Å². The molecule has 108 valence electrons. The average molecular weight is 264 g/mol. The summed E-state index contributed by atoms with van der Waals surface area (Å²) in [6, 6.07) is 1.59. The van der Waals surface area contributed by atoms with Gasteiger partial charge in [-0.25, -0.2) is 0 Å². The molecule has 0 aromatic rings. The van der Waals surface area contributed by atoms with Crippen molar-refractivity contribution >= 4 is 0 Å². The standard InChI is InChI=1S/C16H28N2O/c1-2-14-15(3-1)19-11-10-18(14)9-8-17-16(12-4-5-12)13-6-7-13/h12-17H,1-11H2. The lowest BCUT2D eigenvalue weighted by molar-refractivity contribution is -0.0550. The molecule has 3 aliphatic carbocycles. The third-order valence-electron chi connectivity index (χ3n) is 5.64. The lowest BCUT2D eigenvalue weighted by Gasteiger charge is -2.38. The minimum Gasteiger partial charge on any atom is -0.375 e. The fourth-order valence-electron chi connectivity index (χ4n) is 4.29. The summed E-state index contributed by atoms with van der Waals surface area (Å²) in [7, 11) is 0. The van der Waals surface area contributed by atoms with Crippen LogP contribution in [0.25, 0.3) is 0 Å². The Morgan fingerprint density at radius 2 is 1.84 bits per heavy atom. The van der Waals surface area contributed by atoms with Crippen molar-refractivity contribution in [2.45, 2.75) is 63.1 Å².